The van der Waals surface area contributed by atoms with Gasteiger partial charge in [0.1, 0.15) is 17.3 Å². The summed E-state index contributed by atoms with van der Waals surface area (Å²) in [7, 11) is 4.97. The summed E-state index contributed by atoms with van der Waals surface area (Å²) in [5.74, 6) is 1.23. The van der Waals surface area contributed by atoms with E-state index < -0.39 is 0 Å². The van der Waals surface area contributed by atoms with Gasteiger partial charge in [-0.1, -0.05) is 18.5 Å². The van der Waals surface area contributed by atoms with Gasteiger partial charge in [0.2, 0.25) is 0 Å². The first-order valence-electron chi connectivity index (χ1n) is 10.2. The second kappa shape index (κ2) is 9.81. The normalized spacial score (nSPS) is 18.8. The molecule has 1 aromatic heterocycles. The molecule has 1 aliphatic heterocycles. The number of anilines is 1. The topological polar surface area (TPSA) is 65.8 Å². The molecule has 2 aromatic rings. The third kappa shape index (κ3) is 4.19. The fourth-order valence-corrected chi connectivity index (χ4v) is 4.35. The van der Waals surface area contributed by atoms with Gasteiger partial charge in [-0.05, 0) is 38.0 Å². The average Bonchev–Trinajstić information content (AvgIpc) is 3.15. The van der Waals surface area contributed by atoms with Gasteiger partial charge in [-0.3, -0.25) is 9.36 Å². The Morgan fingerprint density at radius 3 is 2.57 bits per heavy atom. The van der Waals surface area contributed by atoms with Crippen LogP contribution in [0.15, 0.2) is 23.0 Å². The number of aromatic nitrogens is 2. The van der Waals surface area contributed by atoms with E-state index in [1.54, 1.807) is 32.0 Å². The predicted octanol–water partition coefficient (Wildman–Crippen LogP) is 3.39. The van der Waals surface area contributed by atoms with Crippen LogP contribution in [-0.4, -0.2) is 56.2 Å². The van der Waals surface area contributed by atoms with Crippen LogP contribution in [0, 0.1) is 0 Å². The van der Waals surface area contributed by atoms with Crippen molar-refractivity contribution in [1.82, 2.24) is 9.55 Å². The van der Waals surface area contributed by atoms with Crippen molar-refractivity contribution in [2.75, 3.05) is 39.4 Å². The Kier molecular flexibility index (Phi) is 7.39. The Morgan fingerprint density at radius 2 is 2.00 bits per heavy atom. The van der Waals surface area contributed by atoms with Crippen molar-refractivity contribution in [3.63, 3.8) is 0 Å². The molecule has 164 valence electrons. The highest BCUT2D eigenvalue weighted by atomic mass is 35.5. The largest absolute Gasteiger partial charge is 0.497 e. The lowest BCUT2D eigenvalue weighted by Crippen LogP contribution is -2.40. The fraction of sp³-hybridized carbons (Fsp3) is 0.545. The molecule has 0 saturated carbocycles. The monoisotopic (exact) mass is 435 g/mol. The highest BCUT2D eigenvalue weighted by Gasteiger charge is 2.36. The number of methoxy groups -OCH3 is 3. The van der Waals surface area contributed by atoms with Crippen LogP contribution in [-0.2, 0) is 22.4 Å². The molecular formula is C22H30ClN3O4. The highest BCUT2D eigenvalue weighted by Crippen LogP contribution is 2.33. The van der Waals surface area contributed by atoms with Gasteiger partial charge < -0.3 is 19.1 Å². The van der Waals surface area contributed by atoms with Gasteiger partial charge >= 0.3 is 0 Å². The SMILES string of the molecule is CCc1nc(-c2ccc(OC)cc2Cl)n(CC)c(=O)c1N1C[C@H](OC)C[C@H]1COC. The van der Waals surface area contributed by atoms with Crippen molar-refractivity contribution in [3.8, 4) is 17.1 Å². The lowest BCUT2D eigenvalue weighted by atomic mass is 10.1. The first kappa shape index (κ1) is 22.6. The molecule has 3 rings (SSSR count). The minimum atomic E-state index is -0.0657. The Balaban J connectivity index is 2.17. The molecule has 0 aliphatic carbocycles. The Labute approximate surface area is 182 Å². The summed E-state index contributed by atoms with van der Waals surface area (Å²) in [5, 5.41) is 0.496. The van der Waals surface area contributed by atoms with E-state index in [0.29, 0.717) is 54.0 Å². The average molecular weight is 436 g/mol. The molecule has 8 heteroatoms. The molecule has 0 radical (unpaired) electrons. The lowest BCUT2D eigenvalue weighted by molar-refractivity contribution is 0.111. The Hall–Kier alpha value is -2.09. The summed E-state index contributed by atoms with van der Waals surface area (Å²) < 4.78 is 17.9. The number of hydrogen-bond donors (Lipinski definition) is 0. The number of nitrogens with zero attached hydrogens (tertiary/aromatic N) is 3. The molecule has 7 nitrogen and oxygen atoms in total. The van der Waals surface area contributed by atoms with Crippen molar-refractivity contribution < 1.29 is 14.2 Å². The van der Waals surface area contributed by atoms with Crippen molar-refractivity contribution in [1.29, 1.82) is 0 Å². The zero-order chi connectivity index (χ0) is 21.8. The number of halogens is 1. The van der Waals surface area contributed by atoms with Crippen LogP contribution in [0.3, 0.4) is 0 Å². The summed E-state index contributed by atoms with van der Waals surface area (Å²) in [5.41, 5.74) is 2.03. The number of ether oxygens (including phenoxy) is 3. The first-order chi connectivity index (χ1) is 14.5. The highest BCUT2D eigenvalue weighted by molar-refractivity contribution is 6.33. The molecule has 0 unspecified atom stereocenters. The molecule has 1 fully saturated rings. The minimum absolute atomic E-state index is 0.0556. The zero-order valence-electron chi connectivity index (χ0n) is 18.3. The molecule has 1 aliphatic rings. The van der Waals surface area contributed by atoms with Crippen LogP contribution in [0.5, 0.6) is 5.75 Å². The summed E-state index contributed by atoms with van der Waals surface area (Å²) in [6.45, 7) is 5.60. The predicted molar refractivity (Wildman–Crippen MR) is 119 cm³/mol. The van der Waals surface area contributed by atoms with Crippen molar-refractivity contribution >= 4 is 17.3 Å². The Bertz CT molecular complexity index is 947. The van der Waals surface area contributed by atoms with Gasteiger partial charge in [-0.15, -0.1) is 0 Å². The van der Waals surface area contributed by atoms with Gasteiger partial charge in [0, 0.05) is 32.9 Å². The number of hydrogen-bond acceptors (Lipinski definition) is 6. The third-order valence-corrected chi connectivity index (χ3v) is 5.95. The molecule has 2 atom stereocenters. The summed E-state index contributed by atoms with van der Waals surface area (Å²) >= 11 is 6.51. The number of aryl methyl sites for hydroxylation is 1. The Morgan fingerprint density at radius 1 is 1.23 bits per heavy atom. The van der Waals surface area contributed by atoms with Crippen LogP contribution < -0.4 is 15.2 Å². The maximum atomic E-state index is 13.7. The van der Waals surface area contributed by atoms with Gasteiger partial charge in [0.05, 0.1) is 36.6 Å². The van der Waals surface area contributed by atoms with E-state index >= 15 is 0 Å². The van der Waals surface area contributed by atoms with Crippen LogP contribution in [0.4, 0.5) is 5.69 Å². The van der Waals surface area contributed by atoms with Gasteiger partial charge in [-0.25, -0.2) is 4.98 Å². The van der Waals surface area contributed by atoms with E-state index in [4.69, 9.17) is 30.8 Å². The molecule has 1 aromatic carbocycles. The molecule has 0 amide bonds. The smallest absolute Gasteiger partial charge is 0.277 e. The van der Waals surface area contributed by atoms with Crippen molar-refractivity contribution in [2.24, 2.45) is 0 Å². The zero-order valence-corrected chi connectivity index (χ0v) is 19.0. The maximum Gasteiger partial charge on any atom is 0.277 e. The minimum Gasteiger partial charge on any atom is -0.497 e. The van der Waals surface area contributed by atoms with E-state index in [-0.39, 0.29) is 17.7 Å². The number of rotatable bonds is 8. The fourth-order valence-electron chi connectivity index (χ4n) is 4.10. The molecule has 0 spiro atoms. The van der Waals surface area contributed by atoms with E-state index in [1.807, 2.05) is 26.0 Å². The molecule has 0 bridgehead atoms. The number of benzene rings is 1. The maximum absolute atomic E-state index is 13.7. The summed E-state index contributed by atoms with van der Waals surface area (Å²) in [6.07, 6.45) is 1.49. The van der Waals surface area contributed by atoms with Crippen LogP contribution >= 0.6 is 11.6 Å². The molecule has 2 heterocycles. The van der Waals surface area contributed by atoms with Crippen LogP contribution in [0.25, 0.3) is 11.4 Å². The van der Waals surface area contributed by atoms with Crippen LogP contribution in [0.2, 0.25) is 5.02 Å². The van der Waals surface area contributed by atoms with Crippen molar-refractivity contribution in [3.05, 3.63) is 39.3 Å². The quantitative estimate of drug-likeness (QED) is 0.633. The van der Waals surface area contributed by atoms with E-state index in [1.165, 1.54) is 0 Å². The molecule has 0 N–H and O–H groups in total. The van der Waals surface area contributed by atoms with Gasteiger partial charge in [0.25, 0.3) is 5.56 Å². The lowest BCUT2D eigenvalue weighted by Gasteiger charge is -2.28. The van der Waals surface area contributed by atoms with E-state index in [9.17, 15) is 4.79 Å². The standard InChI is InChI=1S/C22H30ClN3O4/c1-6-19-20(26-12-16(30-5)10-14(26)13-28-3)22(27)25(7-2)21(24-19)17-9-8-15(29-4)11-18(17)23/h8-9,11,14,16H,6-7,10,12-13H2,1-5H3/t14-,16+/m0/s1. The summed E-state index contributed by atoms with van der Waals surface area (Å²) in [4.78, 5) is 20.7. The van der Waals surface area contributed by atoms with Crippen LogP contribution in [0.1, 0.15) is 26.0 Å². The molecular weight excluding hydrogens is 406 g/mol. The third-order valence-electron chi connectivity index (χ3n) is 5.64. The summed E-state index contributed by atoms with van der Waals surface area (Å²) in [6, 6.07) is 5.48. The first-order valence-corrected chi connectivity index (χ1v) is 10.6. The molecule has 30 heavy (non-hydrogen) atoms. The molecule has 1 saturated heterocycles. The second-order valence-corrected chi connectivity index (χ2v) is 7.74. The van der Waals surface area contributed by atoms with E-state index in [2.05, 4.69) is 4.90 Å². The van der Waals surface area contributed by atoms with Crippen molar-refractivity contribution in [2.45, 2.75) is 45.4 Å². The second-order valence-electron chi connectivity index (χ2n) is 7.33. The van der Waals surface area contributed by atoms with E-state index in [0.717, 1.165) is 12.1 Å². The van der Waals surface area contributed by atoms with Gasteiger partial charge in [-0.2, -0.15) is 0 Å². The van der Waals surface area contributed by atoms with Gasteiger partial charge in [0.15, 0.2) is 0 Å².